The molecular formula is C15H29N3O. The molecule has 19 heavy (non-hydrogen) atoms. The van der Waals surface area contributed by atoms with Crippen molar-refractivity contribution in [3.05, 3.63) is 0 Å². The lowest BCUT2D eigenvalue weighted by Gasteiger charge is -2.31. The number of rotatable bonds is 5. The average molecular weight is 267 g/mol. The van der Waals surface area contributed by atoms with Gasteiger partial charge in [-0.2, -0.15) is 0 Å². The van der Waals surface area contributed by atoms with E-state index in [4.69, 9.17) is 0 Å². The number of hydrogen-bond donors (Lipinski definition) is 2. The highest BCUT2D eigenvalue weighted by molar-refractivity contribution is 5.79. The molecule has 2 rings (SSSR count). The van der Waals surface area contributed by atoms with Gasteiger partial charge in [0.25, 0.3) is 0 Å². The van der Waals surface area contributed by atoms with E-state index in [1.165, 1.54) is 25.9 Å². The van der Waals surface area contributed by atoms with Crippen molar-refractivity contribution < 1.29 is 4.79 Å². The van der Waals surface area contributed by atoms with Crippen molar-refractivity contribution in [2.24, 2.45) is 11.8 Å². The number of nitrogens with one attached hydrogen (secondary N) is 2. The summed E-state index contributed by atoms with van der Waals surface area (Å²) in [6.45, 7) is 10.8. The Bertz CT molecular complexity index is 300. The Kier molecular flexibility index (Phi) is 5.22. The van der Waals surface area contributed by atoms with Crippen LogP contribution < -0.4 is 10.6 Å². The number of nitrogens with zero attached hydrogens (tertiary/aromatic N) is 1. The van der Waals surface area contributed by atoms with Crippen molar-refractivity contribution in [3.63, 3.8) is 0 Å². The topological polar surface area (TPSA) is 44.4 Å². The third-order valence-corrected chi connectivity index (χ3v) is 4.73. The van der Waals surface area contributed by atoms with Crippen molar-refractivity contribution in [3.8, 4) is 0 Å². The second-order valence-corrected chi connectivity index (χ2v) is 6.44. The van der Waals surface area contributed by atoms with E-state index >= 15 is 0 Å². The molecule has 110 valence electrons. The van der Waals surface area contributed by atoms with Crippen LogP contribution in [0.25, 0.3) is 0 Å². The van der Waals surface area contributed by atoms with Gasteiger partial charge in [0.2, 0.25) is 5.91 Å². The van der Waals surface area contributed by atoms with Gasteiger partial charge in [0, 0.05) is 18.6 Å². The summed E-state index contributed by atoms with van der Waals surface area (Å²) in [6.07, 6.45) is 3.59. The summed E-state index contributed by atoms with van der Waals surface area (Å²) < 4.78 is 0. The van der Waals surface area contributed by atoms with Gasteiger partial charge in [-0.15, -0.1) is 0 Å². The molecule has 0 saturated carbocycles. The van der Waals surface area contributed by atoms with Crippen LogP contribution in [-0.2, 0) is 4.79 Å². The first-order valence-electron chi connectivity index (χ1n) is 7.84. The molecule has 2 N–H and O–H groups in total. The highest BCUT2D eigenvalue weighted by Crippen LogP contribution is 2.18. The quantitative estimate of drug-likeness (QED) is 0.787. The summed E-state index contributed by atoms with van der Waals surface area (Å²) in [5.41, 5.74) is 0. The molecule has 0 spiro atoms. The minimum atomic E-state index is 0.159. The first-order chi connectivity index (χ1) is 9.09. The number of hydrogen-bond acceptors (Lipinski definition) is 3. The fourth-order valence-electron chi connectivity index (χ4n) is 3.41. The zero-order chi connectivity index (χ0) is 13.8. The van der Waals surface area contributed by atoms with Crippen molar-refractivity contribution in [2.75, 3.05) is 26.2 Å². The molecule has 0 aliphatic carbocycles. The average Bonchev–Trinajstić information content (AvgIpc) is 3.00. The van der Waals surface area contributed by atoms with Crippen LogP contribution in [0.2, 0.25) is 0 Å². The lowest BCUT2D eigenvalue weighted by molar-refractivity contribution is -0.125. The van der Waals surface area contributed by atoms with Gasteiger partial charge in [-0.25, -0.2) is 0 Å². The molecule has 1 amide bonds. The summed E-state index contributed by atoms with van der Waals surface area (Å²) in [6, 6.07) is 0.820. The molecule has 2 aliphatic rings. The Morgan fingerprint density at radius 3 is 2.58 bits per heavy atom. The van der Waals surface area contributed by atoms with E-state index < -0.39 is 0 Å². The van der Waals surface area contributed by atoms with Gasteiger partial charge < -0.3 is 10.6 Å². The summed E-state index contributed by atoms with van der Waals surface area (Å²) in [5, 5.41) is 6.54. The molecule has 4 heteroatoms. The highest BCUT2D eigenvalue weighted by atomic mass is 16.1. The van der Waals surface area contributed by atoms with Crippen molar-refractivity contribution in [1.82, 2.24) is 15.5 Å². The minimum absolute atomic E-state index is 0.159. The summed E-state index contributed by atoms with van der Waals surface area (Å²) >= 11 is 0. The van der Waals surface area contributed by atoms with E-state index in [9.17, 15) is 4.79 Å². The van der Waals surface area contributed by atoms with E-state index in [0.29, 0.717) is 18.0 Å². The molecule has 0 bridgehead atoms. The number of likely N-dealkylation sites (tertiary alicyclic amines) is 1. The van der Waals surface area contributed by atoms with Crippen molar-refractivity contribution >= 4 is 5.91 Å². The molecule has 4 nitrogen and oxygen atoms in total. The van der Waals surface area contributed by atoms with Gasteiger partial charge in [0.15, 0.2) is 0 Å². The molecule has 0 aromatic heterocycles. The van der Waals surface area contributed by atoms with E-state index in [1.54, 1.807) is 0 Å². The maximum Gasteiger partial charge on any atom is 0.224 e. The normalized spacial score (nSPS) is 29.9. The van der Waals surface area contributed by atoms with Gasteiger partial charge >= 0.3 is 0 Å². The SMILES string of the molecule is CC(C)C(CNC(=O)C1CCNC1C)N1CCCC1. The van der Waals surface area contributed by atoms with Crippen LogP contribution in [0, 0.1) is 11.8 Å². The van der Waals surface area contributed by atoms with Crippen LogP contribution in [0.5, 0.6) is 0 Å². The molecule has 3 unspecified atom stereocenters. The number of carbonyl (C=O) groups excluding carboxylic acids is 1. The second-order valence-electron chi connectivity index (χ2n) is 6.44. The van der Waals surface area contributed by atoms with Crippen molar-refractivity contribution in [2.45, 2.75) is 52.1 Å². The Hall–Kier alpha value is -0.610. The highest BCUT2D eigenvalue weighted by Gasteiger charge is 2.31. The summed E-state index contributed by atoms with van der Waals surface area (Å²) in [4.78, 5) is 14.8. The molecule has 0 aromatic rings. The van der Waals surface area contributed by atoms with E-state index in [-0.39, 0.29) is 11.8 Å². The van der Waals surface area contributed by atoms with Crippen LogP contribution in [0.15, 0.2) is 0 Å². The molecule has 2 fully saturated rings. The Balaban J connectivity index is 1.82. The Morgan fingerprint density at radius 1 is 1.37 bits per heavy atom. The molecule has 2 heterocycles. The summed E-state index contributed by atoms with van der Waals surface area (Å²) in [5.74, 6) is 0.992. The molecule has 2 aliphatic heterocycles. The third-order valence-electron chi connectivity index (χ3n) is 4.73. The van der Waals surface area contributed by atoms with Crippen LogP contribution >= 0.6 is 0 Å². The lowest BCUT2D eigenvalue weighted by Crippen LogP contribution is -2.47. The van der Waals surface area contributed by atoms with E-state index in [0.717, 1.165) is 19.5 Å². The predicted molar refractivity (Wildman–Crippen MR) is 78.0 cm³/mol. The maximum absolute atomic E-state index is 12.2. The fraction of sp³-hybridized carbons (Fsp3) is 0.933. The first kappa shape index (κ1) is 14.8. The lowest BCUT2D eigenvalue weighted by atomic mass is 9.99. The fourth-order valence-corrected chi connectivity index (χ4v) is 3.41. The standard InChI is InChI=1S/C15H29N3O/c1-11(2)14(18-8-4-5-9-18)10-17-15(19)13-6-7-16-12(13)3/h11-14,16H,4-10H2,1-3H3,(H,17,19). The smallest absolute Gasteiger partial charge is 0.224 e. The van der Waals surface area contributed by atoms with E-state index in [1.807, 2.05) is 0 Å². The number of amides is 1. The van der Waals surface area contributed by atoms with Gasteiger partial charge in [-0.1, -0.05) is 13.8 Å². The molecule has 0 aromatic carbocycles. The van der Waals surface area contributed by atoms with Gasteiger partial charge in [-0.3, -0.25) is 9.69 Å². The molecule has 3 atom stereocenters. The molecule has 2 saturated heterocycles. The van der Waals surface area contributed by atoms with Crippen LogP contribution in [0.1, 0.15) is 40.0 Å². The monoisotopic (exact) mass is 267 g/mol. The zero-order valence-corrected chi connectivity index (χ0v) is 12.6. The molecule has 0 radical (unpaired) electrons. The van der Waals surface area contributed by atoms with Crippen LogP contribution in [-0.4, -0.2) is 49.1 Å². The minimum Gasteiger partial charge on any atom is -0.354 e. The van der Waals surface area contributed by atoms with Crippen LogP contribution in [0.3, 0.4) is 0 Å². The van der Waals surface area contributed by atoms with E-state index in [2.05, 4.69) is 36.3 Å². The van der Waals surface area contributed by atoms with Gasteiger partial charge in [0.1, 0.15) is 0 Å². The van der Waals surface area contributed by atoms with Gasteiger partial charge in [-0.05, 0) is 51.7 Å². The largest absolute Gasteiger partial charge is 0.354 e. The predicted octanol–water partition coefficient (Wildman–Crippen LogP) is 1.22. The summed E-state index contributed by atoms with van der Waals surface area (Å²) in [7, 11) is 0. The van der Waals surface area contributed by atoms with Crippen LogP contribution in [0.4, 0.5) is 0 Å². The first-order valence-corrected chi connectivity index (χ1v) is 7.84. The molecular weight excluding hydrogens is 238 g/mol. The Labute approximate surface area is 117 Å². The maximum atomic E-state index is 12.2. The zero-order valence-electron chi connectivity index (χ0n) is 12.6. The second kappa shape index (κ2) is 6.71. The Morgan fingerprint density at radius 2 is 2.05 bits per heavy atom. The van der Waals surface area contributed by atoms with Crippen molar-refractivity contribution in [1.29, 1.82) is 0 Å². The third kappa shape index (κ3) is 3.69. The van der Waals surface area contributed by atoms with Gasteiger partial charge in [0.05, 0.1) is 5.92 Å². The number of carbonyl (C=O) groups is 1.